The van der Waals surface area contributed by atoms with Crippen LogP contribution in [0.1, 0.15) is 6.42 Å². The Balaban J connectivity index is 1.89. The molecule has 0 unspecified atom stereocenters. The Morgan fingerprint density at radius 1 is 1.07 bits per heavy atom. The van der Waals surface area contributed by atoms with Crippen LogP contribution in [0.15, 0.2) is 47.7 Å². The molecule has 1 aromatic heterocycles. The SMILES string of the molecule is Fc1ccc(F)c(-c2ccnc(N3CCC(F)(F)C3)c2N2C=CC=NC2)c1. The van der Waals surface area contributed by atoms with Crippen molar-refractivity contribution in [3.05, 3.63) is 54.4 Å². The Morgan fingerprint density at radius 2 is 1.93 bits per heavy atom. The minimum Gasteiger partial charge on any atom is -0.349 e. The van der Waals surface area contributed by atoms with E-state index < -0.39 is 24.1 Å². The molecule has 2 aliphatic rings. The van der Waals surface area contributed by atoms with Crippen molar-refractivity contribution in [2.24, 2.45) is 4.99 Å². The maximum Gasteiger partial charge on any atom is 0.266 e. The lowest BCUT2D eigenvalue weighted by Crippen LogP contribution is -2.29. The van der Waals surface area contributed by atoms with E-state index in [4.69, 9.17) is 0 Å². The van der Waals surface area contributed by atoms with Gasteiger partial charge in [0, 0.05) is 42.7 Å². The Bertz CT molecular complexity index is 926. The molecule has 0 atom stereocenters. The van der Waals surface area contributed by atoms with Gasteiger partial charge in [-0.25, -0.2) is 22.5 Å². The Morgan fingerprint density at radius 3 is 2.63 bits per heavy atom. The van der Waals surface area contributed by atoms with Gasteiger partial charge in [-0.1, -0.05) is 0 Å². The molecule has 27 heavy (non-hydrogen) atoms. The van der Waals surface area contributed by atoms with Gasteiger partial charge < -0.3 is 9.80 Å². The van der Waals surface area contributed by atoms with E-state index in [1.54, 1.807) is 29.5 Å². The predicted octanol–water partition coefficient (Wildman–Crippen LogP) is 4.23. The van der Waals surface area contributed by atoms with Crippen LogP contribution in [-0.2, 0) is 0 Å². The highest BCUT2D eigenvalue weighted by Crippen LogP contribution is 2.42. The summed E-state index contributed by atoms with van der Waals surface area (Å²) in [4.78, 5) is 11.6. The third-order valence-corrected chi connectivity index (χ3v) is 4.57. The molecule has 0 N–H and O–H groups in total. The fraction of sp³-hybridized carbons (Fsp3) is 0.263. The number of hydrogen-bond donors (Lipinski definition) is 0. The van der Waals surface area contributed by atoms with Gasteiger partial charge in [0.2, 0.25) is 0 Å². The zero-order valence-corrected chi connectivity index (χ0v) is 14.2. The number of aliphatic imine (C=N–C) groups is 1. The third kappa shape index (κ3) is 3.39. The Hall–Kier alpha value is -2.90. The van der Waals surface area contributed by atoms with Gasteiger partial charge in [0.1, 0.15) is 18.3 Å². The summed E-state index contributed by atoms with van der Waals surface area (Å²) in [5, 5.41) is 0. The largest absolute Gasteiger partial charge is 0.349 e. The average molecular weight is 376 g/mol. The number of benzene rings is 1. The quantitative estimate of drug-likeness (QED) is 0.752. The summed E-state index contributed by atoms with van der Waals surface area (Å²) in [7, 11) is 0. The molecule has 1 saturated heterocycles. The highest BCUT2D eigenvalue weighted by Gasteiger charge is 2.40. The number of aromatic nitrogens is 1. The van der Waals surface area contributed by atoms with E-state index >= 15 is 0 Å². The van der Waals surface area contributed by atoms with Crippen LogP contribution >= 0.6 is 0 Å². The number of alkyl halides is 2. The molecule has 1 fully saturated rings. The minimum absolute atomic E-state index is 0.0440. The summed E-state index contributed by atoms with van der Waals surface area (Å²) in [6, 6.07) is 4.72. The molecule has 8 heteroatoms. The van der Waals surface area contributed by atoms with E-state index in [0.29, 0.717) is 17.1 Å². The zero-order valence-electron chi connectivity index (χ0n) is 14.2. The average Bonchev–Trinajstić information content (AvgIpc) is 3.03. The fourth-order valence-electron chi connectivity index (χ4n) is 3.33. The molecule has 3 heterocycles. The van der Waals surface area contributed by atoms with Crippen LogP contribution in [0.25, 0.3) is 11.1 Å². The second-order valence-corrected chi connectivity index (χ2v) is 6.47. The van der Waals surface area contributed by atoms with E-state index in [1.165, 1.54) is 11.1 Å². The van der Waals surface area contributed by atoms with Crippen molar-refractivity contribution < 1.29 is 17.6 Å². The minimum atomic E-state index is -2.81. The number of rotatable bonds is 3. The smallest absolute Gasteiger partial charge is 0.266 e. The Kier molecular flexibility index (Phi) is 4.33. The van der Waals surface area contributed by atoms with Crippen molar-refractivity contribution in [1.82, 2.24) is 4.98 Å². The van der Waals surface area contributed by atoms with Crippen LogP contribution in [0.4, 0.5) is 29.1 Å². The van der Waals surface area contributed by atoms with Crippen LogP contribution < -0.4 is 9.80 Å². The monoisotopic (exact) mass is 376 g/mol. The molecule has 0 aliphatic carbocycles. The first-order valence-electron chi connectivity index (χ1n) is 8.45. The Labute approximate surface area is 153 Å². The lowest BCUT2D eigenvalue weighted by atomic mass is 10.0. The van der Waals surface area contributed by atoms with E-state index in [9.17, 15) is 17.6 Å². The summed E-state index contributed by atoms with van der Waals surface area (Å²) in [5.74, 6) is -3.70. The predicted molar refractivity (Wildman–Crippen MR) is 96.3 cm³/mol. The number of nitrogens with zero attached hydrogens (tertiary/aromatic N) is 4. The second-order valence-electron chi connectivity index (χ2n) is 6.47. The van der Waals surface area contributed by atoms with Crippen LogP contribution in [0.5, 0.6) is 0 Å². The number of anilines is 2. The first-order valence-corrected chi connectivity index (χ1v) is 8.45. The van der Waals surface area contributed by atoms with Gasteiger partial charge in [-0.3, -0.25) is 4.99 Å². The van der Waals surface area contributed by atoms with E-state index in [0.717, 1.165) is 18.2 Å². The van der Waals surface area contributed by atoms with Gasteiger partial charge in [-0.05, 0) is 30.3 Å². The van der Waals surface area contributed by atoms with Crippen molar-refractivity contribution in [3.8, 4) is 11.1 Å². The van der Waals surface area contributed by atoms with E-state index in [1.807, 2.05) is 0 Å². The standard InChI is InChI=1S/C19H16F4N4/c20-13-2-3-16(21)15(10-13)14-4-7-25-18(26-9-5-19(22,23)11-26)17(14)27-8-1-6-24-12-27/h1-4,6-8,10H,5,9,11-12H2. The van der Waals surface area contributed by atoms with Crippen molar-refractivity contribution in [3.63, 3.8) is 0 Å². The molecule has 0 spiro atoms. The summed E-state index contributed by atoms with van der Waals surface area (Å²) < 4.78 is 55.7. The molecule has 1 aromatic carbocycles. The first kappa shape index (κ1) is 17.5. The molecule has 0 saturated carbocycles. The van der Waals surface area contributed by atoms with E-state index in [2.05, 4.69) is 9.98 Å². The summed E-state index contributed by atoms with van der Waals surface area (Å²) in [5.41, 5.74) is 0.837. The first-order chi connectivity index (χ1) is 12.9. The lowest BCUT2D eigenvalue weighted by molar-refractivity contribution is 0.0257. The molecule has 2 aliphatic heterocycles. The van der Waals surface area contributed by atoms with Crippen molar-refractivity contribution in [2.45, 2.75) is 12.3 Å². The third-order valence-electron chi connectivity index (χ3n) is 4.57. The van der Waals surface area contributed by atoms with Crippen molar-refractivity contribution in [2.75, 3.05) is 29.6 Å². The van der Waals surface area contributed by atoms with Gasteiger partial charge in [0.05, 0.1) is 12.2 Å². The van der Waals surface area contributed by atoms with Crippen molar-refractivity contribution in [1.29, 1.82) is 0 Å². The maximum atomic E-state index is 14.4. The molecule has 0 amide bonds. The van der Waals surface area contributed by atoms with Crippen LogP contribution in [0.3, 0.4) is 0 Å². The lowest BCUT2D eigenvalue weighted by Gasteiger charge is -2.29. The van der Waals surface area contributed by atoms with Crippen LogP contribution in [0, 0.1) is 11.6 Å². The van der Waals surface area contributed by atoms with Gasteiger partial charge in [-0.2, -0.15) is 0 Å². The van der Waals surface area contributed by atoms with Gasteiger partial charge in [0.15, 0.2) is 5.82 Å². The molecule has 4 nitrogen and oxygen atoms in total. The number of hydrogen-bond acceptors (Lipinski definition) is 4. The highest BCUT2D eigenvalue weighted by molar-refractivity contribution is 5.88. The number of halogens is 4. The molecule has 4 rings (SSSR count). The van der Waals surface area contributed by atoms with Gasteiger partial charge >= 0.3 is 0 Å². The molecule has 0 bridgehead atoms. The molecule has 0 radical (unpaired) electrons. The summed E-state index contributed by atoms with van der Waals surface area (Å²) in [6.45, 7) is -0.116. The summed E-state index contributed by atoms with van der Waals surface area (Å²) >= 11 is 0. The maximum absolute atomic E-state index is 14.4. The highest BCUT2D eigenvalue weighted by atomic mass is 19.3. The topological polar surface area (TPSA) is 31.7 Å². The molecular weight excluding hydrogens is 360 g/mol. The normalized spacial score (nSPS) is 18.4. The van der Waals surface area contributed by atoms with Gasteiger partial charge in [-0.15, -0.1) is 0 Å². The van der Waals surface area contributed by atoms with Gasteiger partial charge in [0.25, 0.3) is 5.92 Å². The summed E-state index contributed by atoms with van der Waals surface area (Å²) in [6.07, 6.45) is 6.15. The molecule has 140 valence electrons. The fourth-order valence-corrected chi connectivity index (χ4v) is 3.33. The second kappa shape index (κ2) is 6.68. The molecule has 2 aromatic rings. The zero-order chi connectivity index (χ0) is 19.0. The molecular formula is C19H16F4N4. The number of allylic oxidation sites excluding steroid dienone is 1. The van der Waals surface area contributed by atoms with E-state index in [-0.39, 0.29) is 25.2 Å². The van der Waals surface area contributed by atoms with Crippen LogP contribution in [0.2, 0.25) is 0 Å². The number of pyridine rings is 1. The van der Waals surface area contributed by atoms with Crippen molar-refractivity contribution >= 4 is 17.7 Å². The van der Waals surface area contributed by atoms with Crippen LogP contribution in [-0.4, -0.2) is 36.9 Å².